The van der Waals surface area contributed by atoms with E-state index in [0.717, 1.165) is 16.5 Å². The van der Waals surface area contributed by atoms with Gasteiger partial charge >= 0.3 is 0 Å². The molecule has 0 saturated heterocycles. The van der Waals surface area contributed by atoms with Crippen LogP contribution in [0.1, 0.15) is 11.1 Å². The summed E-state index contributed by atoms with van der Waals surface area (Å²) in [7, 11) is 1.78. The number of benzene rings is 2. The number of pyridine rings is 1. The fraction of sp³-hybridized carbons (Fsp3) is 0.200. The molecule has 2 N–H and O–H groups in total. The van der Waals surface area contributed by atoms with E-state index in [4.69, 9.17) is 21.7 Å². The number of ether oxygens (including phenoxy) is 2. The average molecular weight is 381 g/mol. The van der Waals surface area contributed by atoms with Crippen LogP contribution < -0.4 is 20.3 Å². The summed E-state index contributed by atoms with van der Waals surface area (Å²) in [6, 6.07) is 15.6. The van der Waals surface area contributed by atoms with E-state index in [1.165, 1.54) is 0 Å². The second-order valence-electron chi connectivity index (χ2n) is 6.31. The quantitative estimate of drug-likeness (QED) is 0.678. The first-order valence-corrected chi connectivity index (χ1v) is 9.01. The molecule has 0 saturated carbocycles. The summed E-state index contributed by atoms with van der Waals surface area (Å²) in [6.07, 6.45) is 0. The molecule has 0 unspecified atom stereocenters. The van der Waals surface area contributed by atoms with Crippen molar-refractivity contribution in [2.75, 3.05) is 13.8 Å². The highest BCUT2D eigenvalue weighted by atomic mass is 32.1. The molecule has 3 aromatic rings. The molecule has 0 amide bonds. The van der Waals surface area contributed by atoms with Gasteiger partial charge in [-0.2, -0.15) is 0 Å². The average Bonchev–Trinajstić information content (AvgIpc) is 3.13. The Labute approximate surface area is 161 Å². The summed E-state index contributed by atoms with van der Waals surface area (Å²) in [5.41, 5.74) is 2.34. The van der Waals surface area contributed by atoms with E-state index >= 15 is 0 Å². The highest BCUT2D eigenvalue weighted by Gasteiger charge is 2.17. The zero-order valence-corrected chi connectivity index (χ0v) is 15.6. The highest BCUT2D eigenvalue weighted by molar-refractivity contribution is 7.80. The van der Waals surface area contributed by atoms with Gasteiger partial charge in [0.25, 0.3) is 5.56 Å². The third-order valence-corrected chi connectivity index (χ3v) is 4.96. The van der Waals surface area contributed by atoms with Gasteiger partial charge < -0.3 is 24.7 Å². The molecule has 6 nitrogen and oxygen atoms in total. The van der Waals surface area contributed by atoms with Crippen LogP contribution in [0.5, 0.6) is 11.5 Å². The van der Waals surface area contributed by atoms with Gasteiger partial charge in [-0.05, 0) is 29.9 Å². The monoisotopic (exact) mass is 381 g/mol. The molecule has 1 aliphatic rings. The molecule has 0 aliphatic carbocycles. The van der Waals surface area contributed by atoms with Gasteiger partial charge in [0.2, 0.25) is 6.79 Å². The van der Waals surface area contributed by atoms with Crippen LogP contribution in [0.4, 0.5) is 0 Å². The third kappa shape index (κ3) is 3.59. The Hall–Kier alpha value is -3.06. The zero-order valence-electron chi connectivity index (χ0n) is 14.8. The third-order valence-electron chi connectivity index (χ3n) is 4.49. The van der Waals surface area contributed by atoms with Gasteiger partial charge in [-0.1, -0.05) is 30.3 Å². The van der Waals surface area contributed by atoms with Crippen molar-refractivity contribution in [3.05, 3.63) is 70.0 Å². The Bertz CT molecular complexity index is 1050. The van der Waals surface area contributed by atoms with E-state index in [0.29, 0.717) is 35.3 Å². The smallest absolute Gasteiger partial charge is 0.253 e. The normalized spacial score (nSPS) is 12.2. The van der Waals surface area contributed by atoms with Gasteiger partial charge in [0, 0.05) is 30.6 Å². The topological polar surface area (TPSA) is 66.6 Å². The van der Waals surface area contributed by atoms with Crippen molar-refractivity contribution >= 4 is 28.2 Å². The Morgan fingerprint density at radius 2 is 1.89 bits per heavy atom. The summed E-state index contributed by atoms with van der Waals surface area (Å²) >= 11 is 5.45. The van der Waals surface area contributed by atoms with Gasteiger partial charge in [0.05, 0.1) is 12.1 Å². The van der Waals surface area contributed by atoms with E-state index in [2.05, 4.69) is 10.3 Å². The predicted octanol–water partition coefficient (Wildman–Crippen LogP) is 2.76. The molecular formula is C20H19N3O3S. The number of hydrogen-bond donors (Lipinski definition) is 2. The van der Waals surface area contributed by atoms with Crippen LogP contribution in [0.2, 0.25) is 0 Å². The Balaban J connectivity index is 1.67. The molecular weight excluding hydrogens is 362 g/mol. The maximum Gasteiger partial charge on any atom is 0.253 e. The Morgan fingerprint density at radius 1 is 1.15 bits per heavy atom. The van der Waals surface area contributed by atoms with Crippen molar-refractivity contribution in [3.63, 3.8) is 0 Å². The van der Waals surface area contributed by atoms with Crippen molar-refractivity contribution in [3.8, 4) is 11.5 Å². The lowest BCUT2D eigenvalue weighted by Gasteiger charge is -2.25. The first-order valence-electron chi connectivity index (χ1n) is 8.60. The first kappa shape index (κ1) is 17.4. The van der Waals surface area contributed by atoms with E-state index < -0.39 is 0 Å². The summed E-state index contributed by atoms with van der Waals surface area (Å²) in [4.78, 5) is 17.5. The van der Waals surface area contributed by atoms with E-state index in [9.17, 15) is 4.79 Å². The van der Waals surface area contributed by atoms with E-state index in [1.54, 1.807) is 13.1 Å². The largest absolute Gasteiger partial charge is 0.454 e. The fourth-order valence-corrected chi connectivity index (χ4v) is 3.25. The minimum atomic E-state index is -0.140. The zero-order chi connectivity index (χ0) is 18.8. The molecule has 0 fully saturated rings. The summed E-state index contributed by atoms with van der Waals surface area (Å²) < 4.78 is 10.8. The van der Waals surface area contributed by atoms with Crippen LogP contribution >= 0.6 is 12.2 Å². The van der Waals surface area contributed by atoms with Gasteiger partial charge in [-0.15, -0.1) is 0 Å². The number of aromatic nitrogens is 1. The number of hydrogen-bond acceptors (Lipinski definition) is 4. The van der Waals surface area contributed by atoms with Gasteiger partial charge in [-0.25, -0.2) is 0 Å². The predicted molar refractivity (Wildman–Crippen MR) is 108 cm³/mol. The first-order chi connectivity index (χ1) is 13.1. The van der Waals surface area contributed by atoms with E-state index in [-0.39, 0.29) is 12.4 Å². The number of nitrogens with one attached hydrogen (secondary N) is 2. The molecule has 0 radical (unpaired) electrons. The van der Waals surface area contributed by atoms with Crippen LogP contribution in [0, 0.1) is 0 Å². The lowest BCUT2D eigenvalue weighted by molar-refractivity contribution is 0.174. The fourth-order valence-electron chi connectivity index (χ4n) is 3.13. The van der Waals surface area contributed by atoms with Crippen LogP contribution in [-0.2, 0) is 13.1 Å². The molecule has 27 heavy (non-hydrogen) atoms. The van der Waals surface area contributed by atoms with Crippen molar-refractivity contribution in [1.29, 1.82) is 0 Å². The molecule has 4 rings (SSSR count). The molecule has 0 bridgehead atoms. The SMILES string of the molecule is CNC(=S)N(Cc1ccccc1)Cc1cc2cc3c(cc2[nH]c1=O)OCO3. The van der Waals surface area contributed by atoms with Crippen molar-refractivity contribution < 1.29 is 9.47 Å². The maximum absolute atomic E-state index is 12.6. The van der Waals surface area contributed by atoms with Crippen LogP contribution in [-0.4, -0.2) is 28.8 Å². The maximum atomic E-state index is 12.6. The van der Waals surface area contributed by atoms with Crippen molar-refractivity contribution in [1.82, 2.24) is 15.2 Å². The molecule has 1 aromatic heterocycles. The van der Waals surface area contributed by atoms with Crippen molar-refractivity contribution in [2.45, 2.75) is 13.1 Å². The Kier molecular flexibility index (Phi) is 4.68. The molecule has 2 aromatic carbocycles. The lowest BCUT2D eigenvalue weighted by atomic mass is 10.1. The molecule has 1 aliphatic heterocycles. The lowest BCUT2D eigenvalue weighted by Crippen LogP contribution is -2.38. The molecule has 0 atom stereocenters. The van der Waals surface area contributed by atoms with Crippen molar-refractivity contribution in [2.24, 2.45) is 0 Å². The standard InChI is InChI=1S/C20H19N3O3S/c1-21-20(27)23(10-13-5-3-2-4-6-13)11-15-7-14-8-17-18(26-12-25-17)9-16(14)22-19(15)24/h2-9H,10-12H2,1H3,(H,21,27)(H,22,24). The summed E-state index contributed by atoms with van der Waals surface area (Å²) in [6.45, 7) is 1.21. The number of thiocarbonyl (C=S) groups is 1. The molecule has 2 heterocycles. The number of H-pyrrole nitrogens is 1. The molecule has 0 spiro atoms. The van der Waals surface area contributed by atoms with Gasteiger partial charge in [0.1, 0.15) is 0 Å². The minimum absolute atomic E-state index is 0.140. The number of fused-ring (bicyclic) bond motifs is 2. The molecule has 7 heteroatoms. The Morgan fingerprint density at radius 3 is 2.63 bits per heavy atom. The number of nitrogens with zero attached hydrogens (tertiary/aromatic N) is 1. The second kappa shape index (κ2) is 7.28. The second-order valence-corrected chi connectivity index (χ2v) is 6.70. The minimum Gasteiger partial charge on any atom is -0.454 e. The summed E-state index contributed by atoms with van der Waals surface area (Å²) in [5.74, 6) is 1.33. The number of aromatic amines is 1. The van der Waals surface area contributed by atoms with Crippen LogP contribution in [0.25, 0.3) is 10.9 Å². The highest BCUT2D eigenvalue weighted by Crippen LogP contribution is 2.35. The molecule has 138 valence electrons. The van der Waals surface area contributed by atoms with E-state index in [1.807, 2.05) is 47.4 Å². The van der Waals surface area contributed by atoms with Gasteiger partial charge in [-0.3, -0.25) is 4.79 Å². The summed E-state index contributed by atoms with van der Waals surface area (Å²) in [5, 5.41) is 4.48. The van der Waals surface area contributed by atoms with Gasteiger partial charge in [0.15, 0.2) is 16.6 Å². The van der Waals surface area contributed by atoms with Crippen LogP contribution in [0.15, 0.2) is 53.3 Å². The van der Waals surface area contributed by atoms with Crippen LogP contribution in [0.3, 0.4) is 0 Å². The number of rotatable bonds is 4.